The van der Waals surface area contributed by atoms with Crippen molar-refractivity contribution in [1.82, 2.24) is 4.98 Å². The van der Waals surface area contributed by atoms with Crippen molar-refractivity contribution >= 4 is 34.1 Å². The molecule has 1 aromatic heterocycles. The van der Waals surface area contributed by atoms with Crippen LogP contribution in [0, 0.1) is 13.7 Å². The fourth-order valence-electron chi connectivity index (χ4n) is 0.626. The van der Waals surface area contributed by atoms with Crippen molar-refractivity contribution in [3.63, 3.8) is 0 Å². The quantitative estimate of drug-likeness (QED) is 0.469. The third-order valence-electron chi connectivity index (χ3n) is 1.09. The molecule has 1 aromatic rings. The average Bonchev–Trinajstić information content (AvgIpc) is 1.85. The van der Waals surface area contributed by atoms with Crippen LogP contribution in [0.4, 0.5) is 11.5 Å². The number of aromatic nitrogens is 1. The van der Waals surface area contributed by atoms with Gasteiger partial charge in [-0.3, -0.25) is 10.1 Å². The van der Waals surface area contributed by atoms with E-state index in [1.165, 1.54) is 12.3 Å². The van der Waals surface area contributed by atoms with Crippen molar-refractivity contribution in [2.75, 3.05) is 5.73 Å². The Bertz CT molecular complexity index is 282. The van der Waals surface area contributed by atoms with Crippen LogP contribution >= 0.6 is 22.6 Å². The maximum Gasteiger partial charge on any atom is 0.324 e. The predicted molar refractivity (Wildman–Crippen MR) is 48.0 cm³/mol. The summed E-state index contributed by atoms with van der Waals surface area (Å²) in [6, 6.07) is 1.54. The fraction of sp³-hybridized carbons (Fsp3) is 0. The smallest absolute Gasteiger partial charge is 0.324 e. The zero-order valence-electron chi connectivity index (χ0n) is 5.32. The zero-order valence-corrected chi connectivity index (χ0v) is 7.48. The molecule has 1 heterocycles. The Morgan fingerprint density at radius 3 is 2.73 bits per heavy atom. The van der Waals surface area contributed by atoms with Gasteiger partial charge in [0.2, 0.25) is 5.82 Å². The summed E-state index contributed by atoms with van der Waals surface area (Å²) in [5.74, 6) is -0.0399. The van der Waals surface area contributed by atoms with E-state index in [-0.39, 0.29) is 11.5 Å². The monoisotopic (exact) mass is 265 g/mol. The Kier molecular flexibility index (Phi) is 2.22. The molecular weight excluding hydrogens is 261 g/mol. The van der Waals surface area contributed by atoms with E-state index in [1.807, 2.05) is 22.6 Å². The Labute approximate surface area is 75.9 Å². The lowest BCUT2D eigenvalue weighted by Crippen LogP contribution is -1.99. The average molecular weight is 265 g/mol. The topological polar surface area (TPSA) is 82.0 Å². The summed E-state index contributed by atoms with van der Waals surface area (Å²) in [6.45, 7) is 0. The van der Waals surface area contributed by atoms with E-state index >= 15 is 0 Å². The molecule has 58 valence electrons. The molecule has 0 aliphatic carbocycles. The predicted octanol–water partition coefficient (Wildman–Crippen LogP) is 1.18. The number of rotatable bonds is 1. The van der Waals surface area contributed by atoms with E-state index in [0.29, 0.717) is 3.57 Å². The summed E-state index contributed by atoms with van der Waals surface area (Å²) in [4.78, 5) is 13.4. The minimum absolute atomic E-state index is 0.0399. The lowest BCUT2D eigenvalue weighted by Gasteiger charge is -1.96. The van der Waals surface area contributed by atoms with Crippen molar-refractivity contribution in [3.8, 4) is 0 Å². The maximum atomic E-state index is 10.3. The number of nitro groups is 1. The third-order valence-corrected chi connectivity index (χ3v) is 1.96. The van der Waals surface area contributed by atoms with E-state index in [2.05, 4.69) is 4.98 Å². The Balaban J connectivity index is 3.32. The molecule has 0 saturated heterocycles. The number of nitrogens with zero attached hydrogens (tertiary/aromatic N) is 2. The van der Waals surface area contributed by atoms with Crippen molar-refractivity contribution in [3.05, 3.63) is 25.9 Å². The van der Waals surface area contributed by atoms with Crippen LogP contribution in [-0.2, 0) is 0 Å². The van der Waals surface area contributed by atoms with E-state index in [1.54, 1.807) is 0 Å². The van der Waals surface area contributed by atoms with Crippen LogP contribution in [0.25, 0.3) is 0 Å². The summed E-state index contributed by atoms with van der Waals surface area (Å²) in [7, 11) is 0. The zero-order chi connectivity index (χ0) is 8.43. The largest absolute Gasteiger partial charge is 0.378 e. The van der Waals surface area contributed by atoms with Gasteiger partial charge in [0.15, 0.2) is 0 Å². The molecule has 11 heavy (non-hydrogen) atoms. The second kappa shape index (κ2) is 2.99. The number of hydrogen-bond donors (Lipinski definition) is 1. The lowest BCUT2D eigenvalue weighted by molar-refractivity contribution is -0.385. The molecule has 0 unspecified atom stereocenters. The van der Waals surface area contributed by atoms with Crippen LogP contribution in [0.15, 0.2) is 12.3 Å². The molecule has 0 aromatic carbocycles. The van der Waals surface area contributed by atoms with Gasteiger partial charge in [-0.05, 0) is 28.7 Å². The third kappa shape index (κ3) is 1.56. The van der Waals surface area contributed by atoms with Crippen LogP contribution in [0.1, 0.15) is 0 Å². The second-order valence-corrected chi connectivity index (χ2v) is 2.95. The molecule has 0 atom stereocenters. The van der Waals surface area contributed by atoms with E-state index in [0.717, 1.165) is 0 Å². The van der Waals surface area contributed by atoms with Crippen LogP contribution < -0.4 is 5.73 Å². The van der Waals surface area contributed by atoms with E-state index in [9.17, 15) is 10.1 Å². The molecule has 0 bridgehead atoms. The SMILES string of the molecule is Nc1nccc(I)c1[N+](=O)[O-]. The first-order valence-electron chi connectivity index (χ1n) is 2.67. The molecule has 5 nitrogen and oxygen atoms in total. The fourth-order valence-corrected chi connectivity index (χ4v) is 1.26. The molecule has 0 spiro atoms. The first-order chi connectivity index (χ1) is 5.13. The standard InChI is InChI=1S/C5H4IN3O2/c6-3-1-2-8-5(7)4(3)9(10)11/h1-2H,(H2,7,8). The van der Waals surface area contributed by atoms with Gasteiger partial charge >= 0.3 is 5.69 Å². The van der Waals surface area contributed by atoms with Crippen molar-refractivity contribution in [1.29, 1.82) is 0 Å². The number of pyridine rings is 1. The van der Waals surface area contributed by atoms with E-state index in [4.69, 9.17) is 5.73 Å². The highest BCUT2D eigenvalue weighted by atomic mass is 127. The summed E-state index contributed by atoms with van der Waals surface area (Å²) >= 11 is 1.84. The molecule has 0 amide bonds. The summed E-state index contributed by atoms with van der Waals surface area (Å²) in [6.07, 6.45) is 1.43. The molecule has 6 heteroatoms. The van der Waals surface area contributed by atoms with Crippen molar-refractivity contribution in [2.45, 2.75) is 0 Å². The first kappa shape index (κ1) is 8.18. The number of hydrogen-bond acceptors (Lipinski definition) is 4. The highest BCUT2D eigenvalue weighted by molar-refractivity contribution is 14.1. The Morgan fingerprint density at radius 2 is 2.36 bits per heavy atom. The van der Waals surface area contributed by atoms with Gasteiger partial charge in [-0.1, -0.05) is 0 Å². The Morgan fingerprint density at radius 1 is 1.73 bits per heavy atom. The van der Waals surface area contributed by atoms with Gasteiger partial charge in [0.05, 0.1) is 8.49 Å². The summed E-state index contributed by atoms with van der Waals surface area (Å²) < 4.78 is 0.500. The van der Waals surface area contributed by atoms with Gasteiger partial charge in [-0.15, -0.1) is 0 Å². The van der Waals surface area contributed by atoms with Crippen LogP contribution in [-0.4, -0.2) is 9.91 Å². The Hall–Kier alpha value is -0.920. The van der Waals surface area contributed by atoms with Gasteiger partial charge < -0.3 is 5.73 Å². The number of halogens is 1. The van der Waals surface area contributed by atoms with Gasteiger partial charge in [-0.2, -0.15) is 0 Å². The number of anilines is 1. The lowest BCUT2D eigenvalue weighted by atomic mass is 10.4. The minimum Gasteiger partial charge on any atom is -0.378 e. The number of nitrogens with two attached hydrogens (primary N) is 1. The molecule has 1 rings (SSSR count). The maximum absolute atomic E-state index is 10.3. The van der Waals surface area contributed by atoms with Gasteiger partial charge in [0, 0.05) is 6.20 Å². The summed E-state index contributed by atoms with van der Waals surface area (Å²) in [5, 5.41) is 10.3. The minimum atomic E-state index is -0.538. The molecule has 0 radical (unpaired) electrons. The normalized spacial score (nSPS) is 9.55. The van der Waals surface area contributed by atoms with Crippen LogP contribution in [0.3, 0.4) is 0 Å². The second-order valence-electron chi connectivity index (χ2n) is 1.78. The molecular formula is C5H4IN3O2. The first-order valence-corrected chi connectivity index (χ1v) is 3.75. The van der Waals surface area contributed by atoms with Gasteiger partial charge in [0.25, 0.3) is 0 Å². The highest BCUT2D eigenvalue weighted by Gasteiger charge is 2.16. The molecule has 0 fully saturated rings. The van der Waals surface area contributed by atoms with Gasteiger partial charge in [-0.25, -0.2) is 4.98 Å². The molecule has 2 N–H and O–H groups in total. The highest BCUT2D eigenvalue weighted by Crippen LogP contribution is 2.24. The molecule has 0 aliphatic heterocycles. The summed E-state index contributed by atoms with van der Waals surface area (Å²) in [5.41, 5.74) is 5.15. The number of nitrogen functional groups attached to an aromatic ring is 1. The molecule has 0 saturated carbocycles. The van der Waals surface area contributed by atoms with Crippen LogP contribution in [0.5, 0.6) is 0 Å². The van der Waals surface area contributed by atoms with Crippen LogP contribution in [0.2, 0.25) is 0 Å². The van der Waals surface area contributed by atoms with Crippen molar-refractivity contribution in [2.24, 2.45) is 0 Å². The van der Waals surface area contributed by atoms with Gasteiger partial charge in [0.1, 0.15) is 0 Å². The van der Waals surface area contributed by atoms with Crippen molar-refractivity contribution < 1.29 is 4.92 Å². The van der Waals surface area contributed by atoms with E-state index < -0.39 is 4.92 Å². The molecule has 0 aliphatic rings.